The molecule has 0 aromatic heterocycles. The molecule has 0 amide bonds. The van der Waals surface area contributed by atoms with Gasteiger partial charge in [-0.1, -0.05) is 18.5 Å². The predicted octanol–water partition coefficient (Wildman–Crippen LogP) is 2.62. The number of hydrogen-bond donors (Lipinski definition) is 1. The zero-order valence-corrected chi connectivity index (χ0v) is 13.2. The van der Waals surface area contributed by atoms with Gasteiger partial charge in [-0.05, 0) is 43.5 Å². The Morgan fingerprint density at radius 2 is 2.29 bits per heavy atom. The van der Waals surface area contributed by atoms with Gasteiger partial charge in [0.1, 0.15) is 5.75 Å². The van der Waals surface area contributed by atoms with E-state index < -0.39 is 0 Å². The third-order valence-corrected chi connectivity index (χ3v) is 4.86. The first kappa shape index (κ1) is 15.1. The zero-order chi connectivity index (χ0) is 14.8. The summed E-state index contributed by atoms with van der Waals surface area (Å²) in [5, 5.41) is 0.749. The molecule has 2 atom stereocenters. The molecule has 0 spiro atoms. The summed E-state index contributed by atoms with van der Waals surface area (Å²) >= 11 is 6.23. The number of fused-ring (bicyclic) bond motifs is 1. The van der Waals surface area contributed by atoms with Crippen LogP contribution in [0.5, 0.6) is 5.75 Å². The normalized spacial score (nSPS) is 26.2. The van der Waals surface area contributed by atoms with Crippen molar-refractivity contribution in [2.75, 3.05) is 26.4 Å². The third kappa shape index (κ3) is 3.34. The first-order valence-corrected chi connectivity index (χ1v) is 7.99. The molecule has 2 heterocycles. The SMILES string of the molecule is CC1CCN(Cc2cc(Cl)cc3c2OCOC3)CC1CN. The van der Waals surface area contributed by atoms with Gasteiger partial charge in [-0.3, -0.25) is 4.90 Å². The maximum atomic E-state index is 6.23. The monoisotopic (exact) mass is 310 g/mol. The van der Waals surface area contributed by atoms with Crippen LogP contribution in [-0.4, -0.2) is 31.3 Å². The fourth-order valence-electron chi connectivity index (χ4n) is 3.29. The van der Waals surface area contributed by atoms with Gasteiger partial charge in [0.05, 0.1) is 6.61 Å². The van der Waals surface area contributed by atoms with Gasteiger partial charge < -0.3 is 15.2 Å². The number of halogens is 1. The Morgan fingerprint density at radius 3 is 3.10 bits per heavy atom. The summed E-state index contributed by atoms with van der Waals surface area (Å²) in [5.74, 6) is 2.25. The Balaban J connectivity index is 1.77. The summed E-state index contributed by atoms with van der Waals surface area (Å²) in [7, 11) is 0. The molecule has 2 aliphatic heterocycles. The minimum absolute atomic E-state index is 0.324. The van der Waals surface area contributed by atoms with E-state index in [1.807, 2.05) is 12.1 Å². The summed E-state index contributed by atoms with van der Waals surface area (Å²) in [4.78, 5) is 2.46. The van der Waals surface area contributed by atoms with Gasteiger partial charge in [-0.15, -0.1) is 0 Å². The molecule has 1 aromatic rings. The average molecular weight is 311 g/mol. The molecule has 2 aliphatic rings. The number of ether oxygens (including phenoxy) is 2. The quantitative estimate of drug-likeness (QED) is 0.932. The molecule has 1 fully saturated rings. The van der Waals surface area contributed by atoms with Crippen molar-refractivity contribution in [2.24, 2.45) is 17.6 Å². The molecule has 1 aromatic carbocycles. The van der Waals surface area contributed by atoms with E-state index in [1.165, 1.54) is 6.42 Å². The average Bonchev–Trinajstić information content (AvgIpc) is 2.49. The molecule has 4 nitrogen and oxygen atoms in total. The number of hydrogen-bond acceptors (Lipinski definition) is 4. The van der Waals surface area contributed by atoms with Crippen LogP contribution in [-0.2, 0) is 17.9 Å². The van der Waals surface area contributed by atoms with E-state index in [0.29, 0.717) is 25.2 Å². The van der Waals surface area contributed by atoms with Crippen molar-refractivity contribution in [1.82, 2.24) is 4.90 Å². The first-order valence-electron chi connectivity index (χ1n) is 7.61. The summed E-state index contributed by atoms with van der Waals surface area (Å²) in [6.07, 6.45) is 1.20. The molecule has 1 saturated heterocycles. The van der Waals surface area contributed by atoms with Crippen molar-refractivity contribution in [3.05, 3.63) is 28.3 Å². The fraction of sp³-hybridized carbons (Fsp3) is 0.625. The molecule has 0 radical (unpaired) electrons. The summed E-state index contributed by atoms with van der Waals surface area (Å²) in [6, 6.07) is 3.95. The fourth-order valence-corrected chi connectivity index (χ4v) is 3.55. The van der Waals surface area contributed by atoms with Crippen LogP contribution in [0, 0.1) is 11.8 Å². The van der Waals surface area contributed by atoms with Crippen molar-refractivity contribution in [3.8, 4) is 5.75 Å². The van der Waals surface area contributed by atoms with Crippen LogP contribution in [0.25, 0.3) is 0 Å². The number of piperidine rings is 1. The maximum Gasteiger partial charge on any atom is 0.189 e. The van der Waals surface area contributed by atoms with E-state index in [-0.39, 0.29) is 0 Å². The van der Waals surface area contributed by atoms with Crippen molar-refractivity contribution in [2.45, 2.75) is 26.5 Å². The molecule has 116 valence electrons. The Kier molecular flexibility index (Phi) is 4.69. The first-order chi connectivity index (χ1) is 10.2. The second-order valence-electron chi connectivity index (χ2n) is 6.16. The highest BCUT2D eigenvalue weighted by atomic mass is 35.5. The van der Waals surface area contributed by atoms with E-state index in [1.54, 1.807) is 0 Å². The van der Waals surface area contributed by atoms with Gasteiger partial charge in [0.2, 0.25) is 0 Å². The summed E-state index contributed by atoms with van der Waals surface area (Å²) in [6.45, 7) is 6.98. The molecular weight excluding hydrogens is 288 g/mol. The smallest absolute Gasteiger partial charge is 0.189 e. The zero-order valence-electron chi connectivity index (χ0n) is 12.5. The molecule has 2 unspecified atom stereocenters. The molecule has 2 N–H and O–H groups in total. The van der Waals surface area contributed by atoms with Gasteiger partial charge in [0.15, 0.2) is 6.79 Å². The molecule has 0 aliphatic carbocycles. The van der Waals surface area contributed by atoms with E-state index in [2.05, 4.69) is 11.8 Å². The van der Waals surface area contributed by atoms with Crippen LogP contribution in [0.4, 0.5) is 0 Å². The van der Waals surface area contributed by atoms with Gasteiger partial charge in [0, 0.05) is 29.2 Å². The molecular formula is C16H23ClN2O2. The van der Waals surface area contributed by atoms with Crippen molar-refractivity contribution in [3.63, 3.8) is 0 Å². The predicted molar refractivity (Wildman–Crippen MR) is 83.3 cm³/mol. The lowest BCUT2D eigenvalue weighted by Crippen LogP contribution is -2.42. The summed E-state index contributed by atoms with van der Waals surface area (Å²) in [5.41, 5.74) is 8.10. The maximum absolute atomic E-state index is 6.23. The summed E-state index contributed by atoms with van der Waals surface area (Å²) < 4.78 is 11.0. The number of nitrogens with zero attached hydrogens (tertiary/aromatic N) is 1. The number of rotatable bonds is 3. The van der Waals surface area contributed by atoms with Crippen molar-refractivity contribution < 1.29 is 9.47 Å². The van der Waals surface area contributed by atoms with E-state index >= 15 is 0 Å². The lowest BCUT2D eigenvalue weighted by Gasteiger charge is -2.37. The second-order valence-corrected chi connectivity index (χ2v) is 6.60. The molecule has 21 heavy (non-hydrogen) atoms. The van der Waals surface area contributed by atoms with Crippen molar-refractivity contribution >= 4 is 11.6 Å². The van der Waals surface area contributed by atoms with Crippen LogP contribution in [0.1, 0.15) is 24.5 Å². The minimum Gasteiger partial charge on any atom is -0.467 e. The number of likely N-dealkylation sites (tertiary alicyclic amines) is 1. The Hall–Kier alpha value is -0.810. The molecule has 0 bridgehead atoms. The Labute approximate surface area is 131 Å². The lowest BCUT2D eigenvalue weighted by molar-refractivity contribution is -0.0177. The van der Waals surface area contributed by atoms with E-state index in [0.717, 1.165) is 48.1 Å². The topological polar surface area (TPSA) is 47.7 Å². The van der Waals surface area contributed by atoms with Crippen LogP contribution in [0.2, 0.25) is 5.02 Å². The van der Waals surface area contributed by atoms with Crippen LogP contribution in [0.3, 0.4) is 0 Å². The van der Waals surface area contributed by atoms with E-state index in [9.17, 15) is 0 Å². The molecule has 5 heteroatoms. The van der Waals surface area contributed by atoms with Crippen molar-refractivity contribution in [1.29, 1.82) is 0 Å². The molecule has 3 rings (SSSR count). The largest absolute Gasteiger partial charge is 0.467 e. The third-order valence-electron chi connectivity index (χ3n) is 4.65. The van der Waals surface area contributed by atoms with Crippen LogP contribution in [0.15, 0.2) is 12.1 Å². The van der Waals surface area contributed by atoms with Crippen LogP contribution < -0.4 is 10.5 Å². The minimum atomic E-state index is 0.324. The van der Waals surface area contributed by atoms with Gasteiger partial charge in [-0.2, -0.15) is 0 Å². The highest BCUT2D eigenvalue weighted by Crippen LogP contribution is 2.33. The standard InChI is InChI=1S/C16H23ClN2O2/c1-11-2-3-19(8-14(11)6-18)7-12-4-15(17)5-13-9-20-10-21-16(12)13/h4-5,11,14H,2-3,6-10,18H2,1H3. The van der Waals surface area contributed by atoms with Gasteiger partial charge in [0.25, 0.3) is 0 Å². The molecule has 0 saturated carbocycles. The lowest BCUT2D eigenvalue weighted by atomic mass is 9.87. The van der Waals surface area contributed by atoms with Gasteiger partial charge in [-0.25, -0.2) is 0 Å². The highest BCUT2D eigenvalue weighted by molar-refractivity contribution is 6.30. The van der Waals surface area contributed by atoms with Crippen LogP contribution >= 0.6 is 11.6 Å². The number of benzene rings is 1. The second kappa shape index (κ2) is 6.53. The highest BCUT2D eigenvalue weighted by Gasteiger charge is 2.26. The Morgan fingerprint density at radius 1 is 1.43 bits per heavy atom. The van der Waals surface area contributed by atoms with E-state index in [4.69, 9.17) is 26.8 Å². The number of nitrogens with two attached hydrogens (primary N) is 1. The van der Waals surface area contributed by atoms with Gasteiger partial charge >= 0.3 is 0 Å². The Bertz CT molecular complexity index is 509.